The molecule has 1 unspecified atom stereocenters. The number of rotatable bonds is 5. The summed E-state index contributed by atoms with van der Waals surface area (Å²) in [5, 5.41) is 5.03. The predicted octanol–water partition coefficient (Wildman–Crippen LogP) is 3.71. The first kappa shape index (κ1) is 14.3. The van der Waals surface area contributed by atoms with E-state index < -0.39 is 0 Å². The molecule has 2 aromatic rings. The van der Waals surface area contributed by atoms with Crippen molar-refractivity contribution in [3.8, 4) is 11.4 Å². The number of aromatic nitrogens is 2. The van der Waals surface area contributed by atoms with Gasteiger partial charge in [0.25, 0.3) is 0 Å². The summed E-state index contributed by atoms with van der Waals surface area (Å²) >= 11 is 11.9. The predicted molar refractivity (Wildman–Crippen MR) is 76.3 cm³/mol. The standard InChI is InChI=1S/C13H15Cl2N3O/c1-8(16)3-2-4-12-17-13(18-19-12)9-5-10(14)7-11(15)6-9/h5-8H,2-4,16H2,1H3. The number of nitrogens with two attached hydrogens (primary N) is 1. The fourth-order valence-corrected chi connectivity index (χ4v) is 2.26. The van der Waals surface area contributed by atoms with Crippen molar-refractivity contribution in [3.05, 3.63) is 34.1 Å². The maximum atomic E-state index is 5.94. The zero-order chi connectivity index (χ0) is 13.8. The van der Waals surface area contributed by atoms with Crippen molar-refractivity contribution in [2.45, 2.75) is 32.2 Å². The Hall–Kier alpha value is -1.10. The topological polar surface area (TPSA) is 64.9 Å². The van der Waals surface area contributed by atoms with Gasteiger partial charge in [0.05, 0.1) is 0 Å². The highest BCUT2D eigenvalue weighted by atomic mass is 35.5. The molecule has 0 fully saturated rings. The van der Waals surface area contributed by atoms with Crippen molar-refractivity contribution in [1.29, 1.82) is 0 Å². The molecule has 2 rings (SSSR count). The van der Waals surface area contributed by atoms with Crippen LogP contribution in [0, 0.1) is 0 Å². The SMILES string of the molecule is CC(N)CCCc1nc(-c2cc(Cl)cc(Cl)c2)no1. The zero-order valence-electron chi connectivity index (χ0n) is 10.6. The van der Waals surface area contributed by atoms with E-state index in [9.17, 15) is 0 Å². The molecule has 0 saturated heterocycles. The van der Waals surface area contributed by atoms with Gasteiger partial charge in [-0.1, -0.05) is 28.4 Å². The Balaban J connectivity index is 2.07. The Morgan fingerprint density at radius 3 is 2.58 bits per heavy atom. The Morgan fingerprint density at radius 2 is 1.95 bits per heavy atom. The van der Waals surface area contributed by atoms with Crippen LogP contribution in [0.5, 0.6) is 0 Å². The Labute approximate surface area is 121 Å². The first-order valence-corrected chi connectivity index (χ1v) is 6.85. The second-order valence-electron chi connectivity index (χ2n) is 4.54. The van der Waals surface area contributed by atoms with Crippen molar-refractivity contribution in [3.63, 3.8) is 0 Å². The molecule has 0 amide bonds. The van der Waals surface area contributed by atoms with Crippen LogP contribution in [0.4, 0.5) is 0 Å². The fraction of sp³-hybridized carbons (Fsp3) is 0.385. The lowest BCUT2D eigenvalue weighted by atomic mass is 10.1. The van der Waals surface area contributed by atoms with Crippen LogP contribution in [-0.4, -0.2) is 16.2 Å². The van der Waals surface area contributed by atoms with Crippen LogP contribution < -0.4 is 5.73 Å². The highest BCUT2D eigenvalue weighted by molar-refractivity contribution is 6.35. The fourth-order valence-electron chi connectivity index (χ4n) is 1.73. The van der Waals surface area contributed by atoms with Crippen molar-refractivity contribution >= 4 is 23.2 Å². The van der Waals surface area contributed by atoms with E-state index in [0.29, 0.717) is 21.8 Å². The molecular formula is C13H15Cl2N3O. The smallest absolute Gasteiger partial charge is 0.226 e. The molecule has 1 aromatic heterocycles. The van der Waals surface area contributed by atoms with E-state index in [1.807, 2.05) is 6.92 Å². The quantitative estimate of drug-likeness (QED) is 0.914. The monoisotopic (exact) mass is 299 g/mol. The van der Waals surface area contributed by atoms with Gasteiger partial charge in [0.1, 0.15) is 0 Å². The van der Waals surface area contributed by atoms with Crippen molar-refractivity contribution < 1.29 is 4.52 Å². The molecule has 0 aliphatic heterocycles. The summed E-state index contributed by atoms with van der Waals surface area (Å²) in [6.45, 7) is 1.98. The van der Waals surface area contributed by atoms with Gasteiger partial charge >= 0.3 is 0 Å². The minimum absolute atomic E-state index is 0.189. The van der Waals surface area contributed by atoms with E-state index in [4.69, 9.17) is 33.5 Å². The second kappa shape index (κ2) is 6.37. The number of hydrogen-bond acceptors (Lipinski definition) is 4. The molecule has 0 saturated carbocycles. The van der Waals surface area contributed by atoms with E-state index in [2.05, 4.69) is 10.1 Å². The van der Waals surface area contributed by atoms with Gasteiger partial charge in [0, 0.05) is 28.1 Å². The van der Waals surface area contributed by atoms with Crippen molar-refractivity contribution in [1.82, 2.24) is 10.1 Å². The molecule has 1 aromatic carbocycles. The Kier molecular flexibility index (Phi) is 4.80. The summed E-state index contributed by atoms with van der Waals surface area (Å²) in [5.41, 5.74) is 6.44. The molecular weight excluding hydrogens is 285 g/mol. The van der Waals surface area contributed by atoms with E-state index in [1.54, 1.807) is 18.2 Å². The van der Waals surface area contributed by atoms with Crippen LogP contribution >= 0.6 is 23.2 Å². The average molecular weight is 300 g/mol. The second-order valence-corrected chi connectivity index (χ2v) is 5.41. The lowest BCUT2D eigenvalue weighted by Crippen LogP contribution is -2.14. The summed E-state index contributed by atoms with van der Waals surface area (Å²) in [7, 11) is 0. The van der Waals surface area contributed by atoms with Gasteiger partial charge in [-0.25, -0.2) is 0 Å². The average Bonchev–Trinajstić information content (AvgIpc) is 2.76. The molecule has 0 radical (unpaired) electrons. The highest BCUT2D eigenvalue weighted by Gasteiger charge is 2.10. The van der Waals surface area contributed by atoms with Gasteiger partial charge in [-0.15, -0.1) is 0 Å². The summed E-state index contributed by atoms with van der Waals surface area (Å²) in [5.74, 6) is 1.10. The van der Waals surface area contributed by atoms with Crippen LogP contribution in [0.2, 0.25) is 10.0 Å². The van der Waals surface area contributed by atoms with Crippen molar-refractivity contribution in [2.75, 3.05) is 0 Å². The van der Waals surface area contributed by atoms with E-state index in [0.717, 1.165) is 24.8 Å². The highest BCUT2D eigenvalue weighted by Crippen LogP contribution is 2.25. The van der Waals surface area contributed by atoms with Gasteiger partial charge in [-0.3, -0.25) is 0 Å². The van der Waals surface area contributed by atoms with Gasteiger partial charge in [0.15, 0.2) is 0 Å². The number of aryl methyl sites for hydroxylation is 1. The molecule has 6 heteroatoms. The number of halogens is 2. The third-order valence-electron chi connectivity index (χ3n) is 2.64. The number of hydrogen-bond donors (Lipinski definition) is 1. The van der Waals surface area contributed by atoms with E-state index in [1.165, 1.54) is 0 Å². The summed E-state index contributed by atoms with van der Waals surface area (Å²) < 4.78 is 5.19. The van der Waals surface area contributed by atoms with Gasteiger partial charge in [-0.05, 0) is 38.0 Å². The molecule has 4 nitrogen and oxygen atoms in total. The zero-order valence-corrected chi connectivity index (χ0v) is 12.1. The summed E-state index contributed by atoms with van der Waals surface area (Å²) in [6.07, 6.45) is 2.58. The molecule has 0 aliphatic carbocycles. The largest absolute Gasteiger partial charge is 0.339 e. The molecule has 0 aliphatic rings. The minimum Gasteiger partial charge on any atom is -0.339 e. The van der Waals surface area contributed by atoms with Crippen LogP contribution in [0.1, 0.15) is 25.7 Å². The van der Waals surface area contributed by atoms with Crippen LogP contribution in [0.25, 0.3) is 11.4 Å². The summed E-state index contributed by atoms with van der Waals surface area (Å²) in [4.78, 5) is 4.32. The van der Waals surface area contributed by atoms with Gasteiger partial charge < -0.3 is 10.3 Å². The first-order valence-electron chi connectivity index (χ1n) is 6.09. The molecule has 0 bridgehead atoms. The lowest BCUT2D eigenvalue weighted by molar-refractivity contribution is 0.373. The van der Waals surface area contributed by atoms with Crippen molar-refractivity contribution in [2.24, 2.45) is 5.73 Å². The molecule has 19 heavy (non-hydrogen) atoms. The van der Waals surface area contributed by atoms with E-state index >= 15 is 0 Å². The molecule has 0 spiro atoms. The maximum Gasteiger partial charge on any atom is 0.226 e. The molecule has 1 atom stereocenters. The van der Waals surface area contributed by atoms with Crippen LogP contribution in [0.15, 0.2) is 22.7 Å². The molecule has 1 heterocycles. The normalized spacial score (nSPS) is 12.6. The van der Waals surface area contributed by atoms with E-state index in [-0.39, 0.29) is 6.04 Å². The number of nitrogens with zero attached hydrogens (tertiary/aromatic N) is 2. The molecule has 2 N–H and O–H groups in total. The number of benzene rings is 1. The Morgan fingerprint density at radius 1 is 1.26 bits per heavy atom. The van der Waals surface area contributed by atoms with Crippen LogP contribution in [-0.2, 0) is 6.42 Å². The van der Waals surface area contributed by atoms with Gasteiger partial charge in [-0.2, -0.15) is 4.98 Å². The minimum atomic E-state index is 0.189. The summed E-state index contributed by atoms with van der Waals surface area (Å²) in [6, 6.07) is 5.36. The first-order chi connectivity index (χ1) is 9.04. The van der Waals surface area contributed by atoms with Gasteiger partial charge in [0.2, 0.25) is 11.7 Å². The molecule has 102 valence electrons. The van der Waals surface area contributed by atoms with Crippen LogP contribution in [0.3, 0.4) is 0 Å². The third kappa shape index (κ3) is 4.20. The Bertz CT molecular complexity index is 534. The maximum absolute atomic E-state index is 5.94. The lowest BCUT2D eigenvalue weighted by Gasteiger charge is -2.01. The third-order valence-corrected chi connectivity index (χ3v) is 3.08.